The Morgan fingerprint density at radius 2 is 2.06 bits per heavy atom. The number of hydrogen-bond donors (Lipinski definition) is 2. The third-order valence-corrected chi connectivity index (χ3v) is 4.03. The van der Waals surface area contributed by atoms with Crippen LogP contribution in [0.3, 0.4) is 0 Å². The molecular weight excluding hydrogens is 230 g/mol. The molecule has 0 unspecified atom stereocenters. The van der Waals surface area contributed by atoms with E-state index in [0.29, 0.717) is 13.0 Å². The van der Waals surface area contributed by atoms with Crippen molar-refractivity contribution in [1.29, 1.82) is 0 Å². The Labute approximate surface area is 108 Å². The number of rotatable bonds is 1. The van der Waals surface area contributed by atoms with Gasteiger partial charge in [-0.3, -0.25) is 9.80 Å². The number of nitrogens with one attached hydrogen (secondary N) is 2. The predicted molar refractivity (Wildman–Crippen MR) is 67.5 cm³/mol. The van der Waals surface area contributed by atoms with Crippen LogP contribution in [-0.2, 0) is 9.53 Å². The summed E-state index contributed by atoms with van der Waals surface area (Å²) in [7, 11) is 0. The average Bonchev–Trinajstić information content (AvgIpc) is 2.73. The first kappa shape index (κ1) is 12.0. The molecule has 0 aromatic heterocycles. The fraction of sp³-hybridized carbons (Fsp3) is 0.769. The molecule has 5 heteroatoms. The van der Waals surface area contributed by atoms with Gasteiger partial charge in [0.2, 0.25) is 0 Å². The molecule has 18 heavy (non-hydrogen) atoms. The van der Waals surface area contributed by atoms with Gasteiger partial charge in [0.1, 0.15) is 17.1 Å². The molecule has 0 radical (unpaired) electrons. The van der Waals surface area contributed by atoms with Gasteiger partial charge < -0.3 is 10.1 Å². The molecular formula is C13H21N3O2. The molecule has 3 rings (SSSR count). The van der Waals surface area contributed by atoms with E-state index in [9.17, 15) is 4.79 Å². The van der Waals surface area contributed by atoms with Gasteiger partial charge in [-0.2, -0.15) is 0 Å². The van der Waals surface area contributed by atoms with Crippen LogP contribution in [0.4, 0.5) is 0 Å². The number of nitrogens with zero attached hydrogens (tertiary/aromatic N) is 1. The minimum atomic E-state index is -0.240. The molecule has 3 aliphatic heterocycles. The molecule has 1 spiro atoms. The molecule has 1 saturated heterocycles. The van der Waals surface area contributed by atoms with E-state index < -0.39 is 0 Å². The van der Waals surface area contributed by atoms with Crippen LogP contribution in [0, 0.1) is 0 Å². The van der Waals surface area contributed by atoms with Gasteiger partial charge >= 0.3 is 0 Å². The van der Waals surface area contributed by atoms with E-state index in [-0.39, 0.29) is 17.4 Å². The molecule has 0 bridgehead atoms. The summed E-state index contributed by atoms with van der Waals surface area (Å²) < 4.78 is 6.20. The van der Waals surface area contributed by atoms with Crippen molar-refractivity contribution < 1.29 is 9.53 Å². The highest BCUT2D eigenvalue weighted by Crippen LogP contribution is 2.38. The summed E-state index contributed by atoms with van der Waals surface area (Å²) in [4.78, 5) is 12.4. The Hall–Kier alpha value is -1.07. The van der Waals surface area contributed by atoms with Crippen molar-refractivity contribution in [1.82, 2.24) is 15.8 Å². The second kappa shape index (κ2) is 4.24. The number of carbonyl (C=O) groups excluding carboxylic acids is 1. The minimum absolute atomic E-state index is 0.233. The lowest BCUT2D eigenvalue weighted by Gasteiger charge is -2.41. The van der Waals surface area contributed by atoms with Crippen LogP contribution >= 0.6 is 0 Å². The van der Waals surface area contributed by atoms with E-state index in [1.807, 2.05) is 5.01 Å². The Kier molecular flexibility index (Phi) is 2.83. The number of allylic oxidation sites excluding steroid dienone is 1. The number of Topliss-reactive ketones (excluding diaryl/α,β-unsaturated/α-hetero) is 1. The summed E-state index contributed by atoms with van der Waals surface area (Å²) in [5.41, 5.74) is 3.77. The lowest BCUT2D eigenvalue weighted by molar-refractivity contribution is -0.128. The zero-order chi connectivity index (χ0) is 12.8. The van der Waals surface area contributed by atoms with Gasteiger partial charge in [-0.15, -0.1) is 0 Å². The Bertz CT molecular complexity index is 397. The molecule has 1 fully saturated rings. The van der Waals surface area contributed by atoms with E-state index in [1.54, 1.807) is 0 Å². The molecule has 5 nitrogen and oxygen atoms in total. The highest BCUT2D eigenvalue weighted by Gasteiger charge is 2.46. The molecule has 2 N–H and O–H groups in total. The number of carbonyl (C=O) groups is 1. The zero-order valence-corrected chi connectivity index (χ0v) is 11.1. The summed E-state index contributed by atoms with van der Waals surface area (Å²) >= 11 is 0. The highest BCUT2D eigenvalue weighted by molar-refractivity contribution is 5.97. The fourth-order valence-electron chi connectivity index (χ4n) is 3.10. The standard InChI is InChI=1S/C13H21N3O2/c1-9(2)16-12-10(17)7-13(3-5-14-6-4-13)18-11(12)8-15-16/h9,14-15H,3-8H2,1-2H3. The van der Waals surface area contributed by atoms with Crippen LogP contribution in [0.2, 0.25) is 0 Å². The number of ketones is 1. The molecule has 0 aromatic carbocycles. The number of ether oxygens (including phenoxy) is 1. The molecule has 0 atom stereocenters. The average molecular weight is 251 g/mol. The Morgan fingerprint density at radius 1 is 1.33 bits per heavy atom. The highest BCUT2D eigenvalue weighted by atomic mass is 16.5. The van der Waals surface area contributed by atoms with Crippen LogP contribution in [0.5, 0.6) is 0 Å². The maximum Gasteiger partial charge on any atom is 0.187 e. The Morgan fingerprint density at radius 3 is 2.72 bits per heavy atom. The predicted octanol–water partition coefficient (Wildman–Crippen LogP) is 0.538. The van der Waals surface area contributed by atoms with Gasteiger partial charge in [-0.25, -0.2) is 5.43 Å². The number of piperidine rings is 1. The topological polar surface area (TPSA) is 53.6 Å². The first-order chi connectivity index (χ1) is 8.61. The maximum absolute atomic E-state index is 12.4. The van der Waals surface area contributed by atoms with Gasteiger partial charge in [0.25, 0.3) is 0 Å². The van der Waals surface area contributed by atoms with Crippen LogP contribution in [-0.4, -0.2) is 42.1 Å². The molecule has 100 valence electrons. The number of hydrazine groups is 1. The normalized spacial score (nSPS) is 26.8. The van der Waals surface area contributed by atoms with E-state index >= 15 is 0 Å². The molecule has 0 amide bonds. The largest absolute Gasteiger partial charge is 0.487 e. The van der Waals surface area contributed by atoms with E-state index in [2.05, 4.69) is 24.6 Å². The van der Waals surface area contributed by atoms with Crippen LogP contribution in [0.1, 0.15) is 33.1 Å². The third kappa shape index (κ3) is 1.82. The lowest BCUT2D eigenvalue weighted by atomic mass is 9.84. The zero-order valence-electron chi connectivity index (χ0n) is 11.1. The molecule has 3 aliphatic rings. The van der Waals surface area contributed by atoms with Gasteiger partial charge in [-0.1, -0.05) is 0 Å². The maximum atomic E-state index is 12.4. The Balaban J connectivity index is 1.87. The summed E-state index contributed by atoms with van der Waals surface area (Å²) in [5.74, 6) is 1.08. The molecule has 0 aliphatic carbocycles. The second-order valence-electron chi connectivity index (χ2n) is 5.71. The molecule has 3 heterocycles. The van der Waals surface area contributed by atoms with Crippen molar-refractivity contribution in [2.24, 2.45) is 0 Å². The van der Waals surface area contributed by atoms with Crippen molar-refractivity contribution in [3.63, 3.8) is 0 Å². The van der Waals surface area contributed by atoms with E-state index in [4.69, 9.17) is 4.74 Å². The fourth-order valence-corrected chi connectivity index (χ4v) is 3.10. The monoisotopic (exact) mass is 251 g/mol. The van der Waals surface area contributed by atoms with Gasteiger partial charge in [0, 0.05) is 18.9 Å². The summed E-state index contributed by atoms with van der Waals surface area (Å²) in [6, 6.07) is 0.270. The van der Waals surface area contributed by atoms with Crippen molar-refractivity contribution in [2.75, 3.05) is 19.6 Å². The van der Waals surface area contributed by atoms with Crippen LogP contribution < -0.4 is 10.7 Å². The van der Waals surface area contributed by atoms with Crippen LogP contribution in [0.15, 0.2) is 11.5 Å². The third-order valence-electron chi connectivity index (χ3n) is 4.03. The van der Waals surface area contributed by atoms with Gasteiger partial charge in [0.05, 0.1) is 13.0 Å². The van der Waals surface area contributed by atoms with Gasteiger partial charge in [-0.05, 0) is 26.9 Å². The summed E-state index contributed by atoms with van der Waals surface area (Å²) in [6.07, 6.45) is 2.38. The van der Waals surface area contributed by atoms with Crippen molar-refractivity contribution in [3.05, 3.63) is 11.5 Å². The quantitative estimate of drug-likeness (QED) is 0.712. The number of hydrogen-bond acceptors (Lipinski definition) is 5. The van der Waals surface area contributed by atoms with Crippen LogP contribution in [0.25, 0.3) is 0 Å². The van der Waals surface area contributed by atoms with E-state index in [0.717, 1.165) is 37.4 Å². The SMILES string of the molecule is CC(C)N1NCC2=C1C(=O)CC1(CCNCC1)O2. The first-order valence-corrected chi connectivity index (χ1v) is 6.80. The van der Waals surface area contributed by atoms with Gasteiger partial charge in [0.15, 0.2) is 5.78 Å². The molecule has 0 aromatic rings. The second-order valence-corrected chi connectivity index (χ2v) is 5.71. The van der Waals surface area contributed by atoms with Crippen molar-refractivity contribution >= 4 is 5.78 Å². The van der Waals surface area contributed by atoms with Crippen molar-refractivity contribution in [3.8, 4) is 0 Å². The minimum Gasteiger partial charge on any atom is -0.487 e. The summed E-state index contributed by atoms with van der Waals surface area (Å²) in [5, 5.41) is 5.27. The van der Waals surface area contributed by atoms with E-state index in [1.165, 1.54) is 0 Å². The first-order valence-electron chi connectivity index (χ1n) is 6.80. The smallest absolute Gasteiger partial charge is 0.187 e. The summed E-state index contributed by atoms with van der Waals surface area (Å²) in [6.45, 7) is 6.68. The lowest BCUT2D eigenvalue weighted by Crippen LogP contribution is -2.48. The van der Waals surface area contributed by atoms with Crippen molar-refractivity contribution in [2.45, 2.75) is 44.8 Å². The molecule has 0 saturated carbocycles.